The van der Waals surface area contributed by atoms with E-state index in [-0.39, 0.29) is 0 Å². The maximum Gasteiger partial charge on any atom is 0.347 e. The van der Waals surface area contributed by atoms with E-state index < -0.39 is 11.6 Å². The minimum absolute atomic E-state index is 0.457. The van der Waals surface area contributed by atoms with Gasteiger partial charge in [-0.05, 0) is 63.1 Å². The zero-order valence-corrected chi connectivity index (χ0v) is 18.5. The van der Waals surface area contributed by atoms with Gasteiger partial charge in [0.15, 0.2) is 5.60 Å². The predicted octanol–water partition coefficient (Wildman–Crippen LogP) is 5.47. The Balaban J connectivity index is 1.67. The zero-order chi connectivity index (χ0) is 22.4. The van der Waals surface area contributed by atoms with E-state index in [4.69, 9.17) is 13.9 Å². The highest BCUT2D eigenvalue weighted by Gasteiger charge is 2.29. The molecule has 0 radical (unpaired) electrons. The molecule has 0 bridgehead atoms. The first kappa shape index (κ1) is 22.4. The van der Waals surface area contributed by atoms with E-state index in [1.54, 1.807) is 6.07 Å². The van der Waals surface area contributed by atoms with Crippen LogP contribution in [0.25, 0.3) is 11.5 Å². The summed E-state index contributed by atoms with van der Waals surface area (Å²) >= 11 is 0. The molecule has 1 aromatic heterocycles. The molecule has 0 amide bonds. The van der Waals surface area contributed by atoms with Gasteiger partial charge in [0.2, 0.25) is 5.89 Å². The third-order valence-corrected chi connectivity index (χ3v) is 4.95. The molecule has 0 saturated heterocycles. The monoisotopic (exact) mass is 423 g/mol. The van der Waals surface area contributed by atoms with Crippen molar-refractivity contribution in [1.82, 2.24) is 4.98 Å². The highest BCUT2D eigenvalue weighted by molar-refractivity contribution is 5.76. The first-order valence-corrected chi connectivity index (χ1v) is 10.5. The van der Waals surface area contributed by atoms with Crippen LogP contribution < -0.4 is 9.47 Å². The number of hydrogen-bond donors (Lipinski definition) is 1. The molecule has 0 aliphatic carbocycles. The minimum atomic E-state index is -1.30. The Morgan fingerprint density at radius 3 is 2.55 bits per heavy atom. The molecule has 0 aliphatic heterocycles. The van der Waals surface area contributed by atoms with Crippen molar-refractivity contribution in [2.75, 3.05) is 6.61 Å². The highest BCUT2D eigenvalue weighted by Crippen LogP contribution is 2.28. The van der Waals surface area contributed by atoms with Crippen LogP contribution in [0.2, 0.25) is 0 Å². The minimum Gasteiger partial charge on any atom is -0.493 e. The van der Waals surface area contributed by atoms with Crippen molar-refractivity contribution in [3.63, 3.8) is 0 Å². The number of benzene rings is 2. The summed E-state index contributed by atoms with van der Waals surface area (Å²) in [4.78, 5) is 16.0. The lowest BCUT2D eigenvalue weighted by Gasteiger charge is -2.22. The maximum atomic E-state index is 11.3. The average molecular weight is 424 g/mol. The summed E-state index contributed by atoms with van der Waals surface area (Å²) in [6, 6.07) is 15.3. The van der Waals surface area contributed by atoms with Gasteiger partial charge in [-0.1, -0.05) is 31.5 Å². The molecular weight excluding hydrogens is 394 g/mol. The van der Waals surface area contributed by atoms with Crippen molar-refractivity contribution < 1.29 is 23.8 Å². The van der Waals surface area contributed by atoms with E-state index in [9.17, 15) is 9.90 Å². The van der Waals surface area contributed by atoms with Gasteiger partial charge in [0.1, 0.15) is 17.3 Å². The van der Waals surface area contributed by atoms with Crippen molar-refractivity contribution in [2.45, 2.75) is 52.6 Å². The normalized spacial score (nSPS) is 11.4. The number of carboxylic acid groups (broad SMARTS) is 1. The number of nitrogens with zero attached hydrogens (tertiary/aromatic N) is 1. The average Bonchev–Trinajstić information content (AvgIpc) is 3.11. The summed E-state index contributed by atoms with van der Waals surface area (Å²) in [6.45, 7) is 7.52. The Morgan fingerprint density at radius 1 is 1.13 bits per heavy atom. The van der Waals surface area contributed by atoms with Crippen LogP contribution >= 0.6 is 0 Å². The summed E-state index contributed by atoms with van der Waals surface area (Å²) in [5, 5.41) is 9.29. The summed E-state index contributed by atoms with van der Waals surface area (Å²) in [7, 11) is 0. The second-order valence-electron chi connectivity index (χ2n) is 7.92. The number of aromatic nitrogens is 1. The van der Waals surface area contributed by atoms with Crippen LogP contribution in [-0.2, 0) is 17.6 Å². The Morgan fingerprint density at radius 2 is 1.87 bits per heavy atom. The molecule has 31 heavy (non-hydrogen) atoms. The third-order valence-electron chi connectivity index (χ3n) is 4.95. The van der Waals surface area contributed by atoms with Gasteiger partial charge in [-0.2, -0.15) is 0 Å². The predicted molar refractivity (Wildman–Crippen MR) is 119 cm³/mol. The van der Waals surface area contributed by atoms with Gasteiger partial charge in [-0.15, -0.1) is 0 Å². The van der Waals surface area contributed by atoms with E-state index >= 15 is 0 Å². The van der Waals surface area contributed by atoms with Gasteiger partial charge in [-0.3, -0.25) is 0 Å². The molecule has 0 saturated carbocycles. The Bertz CT molecular complexity index is 1020. The van der Waals surface area contributed by atoms with Crippen LogP contribution in [0.15, 0.2) is 52.9 Å². The molecule has 3 aromatic rings. The summed E-state index contributed by atoms with van der Waals surface area (Å²) in [6.07, 6.45) is 2.37. The smallest absolute Gasteiger partial charge is 0.347 e. The maximum absolute atomic E-state index is 11.3. The number of aliphatic carboxylic acids is 1. The number of carboxylic acids is 1. The van der Waals surface area contributed by atoms with Gasteiger partial charge >= 0.3 is 5.97 Å². The molecule has 6 nitrogen and oxygen atoms in total. The molecule has 3 rings (SSSR count). The quantitative estimate of drug-likeness (QED) is 0.466. The molecule has 164 valence electrons. The second kappa shape index (κ2) is 9.69. The Hall–Kier alpha value is -3.28. The Labute approximate surface area is 182 Å². The van der Waals surface area contributed by atoms with Gasteiger partial charge in [0.05, 0.1) is 12.3 Å². The van der Waals surface area contributed by atoms with Crippen molar-refractivity contribution in [3.05, 3.63) is 65.5 Å². The largest absolute Gasteiger partial charge is 0.493 e. The van der Waals surface area contributed by atoms with Gasteiger partial charge in [0, 0.05) is 12.0 Å². The van der Waals surface area contributed by atoms with Crippen LogP contribution in [0.1, 0.15) is 44.2 Å². The van der Waals surface area contributed by atoms with Crippen LogP contribution in [-0.4, -0.2) is 28.3 Å². The van der Waals surface area contributed by atoms with E-state index in [0.717, 1.165) is 41.2 Å². The van der Waals surface area contributed by atoms with Crippen LogP contribution in [0.3, 0.4) is 0 Å². The van der Waals surface area contributed by atoms with Crippen LogP contribution in [0.5, 0.6) is 11.5 Å². The fraction of sp³-hybridized carbons (Fsp3) is 0.360. The topological polar surface area (TPSA) is 81.8 Å². The summed E-state index contributed by atoms with van der Waals surface area (Å²) < 4.78 is 17.5. The van der Waals surface area contributed by atoms with Crippen molar-refractivity contribution in [3.8, 4) is 23.0 Å². The van der Waals surface area contributed by atoms with Crippen molar-refractivity contribution in [2.24, 2.45) is 0 Å². The number of rotatable bonds is 10. The third kappa shape index (κ3) is 5.66. The fourth-order valence-electron chi connectivity index (χ4n) is 3.18. The number of hydrogen-bond acceptors (Lipinski definition) is 5. The van der Waals surface area contributed by atoms with E-state index in [2.05, 4.69) is 11.9 Å². The SMILES string of the molecule is CCCc1cc(OC(C)(C)C(=O)O)ccc1OCCc1nc(-c2ccccc2)oc1C. The number of ether oxygens (including phenoxy) is 2. The standard InChI is InChI=1S/C25H29NO5/c1-5-9-19-16-20(31-25(3,4)24(27)28)12-13-22(19)29-15-14-21-17(2)30-23(26-21)18-10-7-6-8-11-18/h6-8,10-13,16H,5,9,14-15H2,1-4H3,(H,27,28). The molecule has 1 heterocycles. The number of carbonyl (C=O) groups is 1. The van der Waals surface area contributed by atoms with Gasteiger partial charge < -0.3 is 19.0 Å². The zero-order valence-electron chi connectivity index (χ0n) is 18.5. The van der Waals surface area contributed by atoms with Crippen molar-refractivity contribution in [1.29, 1.82) is 0 Å². The molecule has 6 heteroatoms. The summed E-state index contributed by atoms with van der Waals surface area (Å²) in [5.74, 6) is 1.68. The lowest BCUT2D eigenvalue weighted by atomic mass is 10.1. The van der Waals surface area contributed by atoms with Crippen LogP contribution in [0.4, 0.5) is 0 Å². The molecule has 0 spiro atoms. The number of oxazole rings is 1. The lowest BCUT2D eigenvalue weighted by molar-refractivity contribution is -0.152. The first-order valence-electron chi connectivity index (χ1n) is 10.5. The molecule has 0 atom stereocenters. The van der Waals surface area contributed by atoms with Crippen molar-refractivity contribution >= 4 is 5.97 Å². The molecule has 0 aliphatic rings. The molecule has 0 unspecified atom stereocenters. The van der Waals surface area contributed by atoms with E-state index in [1.165, 1.54) is 13.8 Å². The number of aryl methyl sites for hydroxylation is 2. The first-order chi connectivity index (χ1) is 14.8. The second-order valence-corrected chi connectivity index (χ2v) is 7.92. The molecular formula is C25H29NO5. The van der Waals surface area contributed by atoms with Gasteiger partial charge in [0.25, 0.3) is 0 Å². The molecule has 1 N–H and O–H groups in total. The Kier molecular flexibility index (Phi) is 7.00. The van der Waals surface area contributed by atoms with E-state index in [1.807, 2.05) is 49.4 Å². The van der Waals surface area contributed by atoms with E-state index in [0.29, 0.717) is 24.7 Å². The lowest BCUT2D eigenvalue weighted by Crippen LogP contribution is -2.37. The highest BCUT2D eigenvalue weighted by atomic mass is 16.5. The molecule has 0 fully saturated rings. The van der Waals surface area contributed by atoms with Crippen LogP contribution in [0, 0.1) is 6.92 Å². The van der Waals surface area contributed by atoms with Gasteiger partial charge in [-0.25, -0.2) is 9.78 Å². The molecule has 2 aromatic carbocycles. The summed E-state index contributed by atoms with van der Waals surface area (Å²) in [5.41, 5.74) is 1.51. The fourth-order valence-corrected chi connectivity index (χ4v) is 3.18.